The van der Waals surface area contributed by atoms with Crippen molar-refractivity contribution in [2.24, 2.45) is 0 Å². The second-order valence-corrected chi connectivity index (χ2v) is 3.86. The number of nitrogens with one attached hydrogen (secondary N) is 1. The lowest BCUT2D eigenvalue weighted by atomic mass is 10.0. The molecule has 1 N–H and O–H groups in total. The van der Waals surface area contributed by atoms with Gasteiger partial charge in [-0.05, 0) is 12.8 Å². The number of rotatable bonds is 9. The highest BCUT2D eigenvalue weighted by Gasteiger charge is 2.04. The molecule has 1 nitrogen and oxygen atoms in total. The topological polar surface area (TPSA) is 12.0 Å². The molecule has 0 aromatic heterocycles. The van der Waals surface area contributed by atoms with E-state index in [0.717, 1.165) is 0 Å². The van der Waals surface area contributed by atoms with Crippen LogP contribution in [0.15, 0.2) is 0 Å². The van der Waals surface area contributed by atoms with Crippen LogP contribution in [0, 0.1) is 0 Å². The monoisotopic (exact) mass is 201 g/mol. The zero-order valence-corrected chi connectivity index (χ0v) is 9.83. The average molecular weight is 201 g/mol. The second kappa shape index (κ2) is 9.97. The molecule has 0 rings (SSSR count). The van der Waals surface area contributed by atoms with Gasteiger partial charge < -0.3 is 5.32 Å². The Morgan fingerprint density at radius 2 is 1.69 bits per heavy atom. The van der Waals surface area contributed by atoms with Crippen LogP contribution in [-0.2, 0) is 0 Å². The van der Waals surface area contributed by atoms with E-state index in [1.54, 1.807) is 5.49 Å². The largest absolute Gasteiger partial charge is 0.379 e. The third-order valence-electron chi connectivity index (χ3n) is 2.37. The summed E-state index contributed by atoms with van der Waals surface area (Å²) in [6, 6.07) is 0.629. The maximum absolute atomic E-state index is 4.82. The number of hydrogen-bond donors (Lipinski definition) is 1. The Morgan fingerprint density at radius 3 is 2.23 bits per heavy atom. The van der Waals surface area contributed by atoms with Crippen molar-refractivity contribution in [3.8, 4) is 0 Å². The first kappa shape index (κ1) is 12.9. The van der Waals surface area contributed by atoms with Crippen LogP contribution in [-0.4, -0.2) is 11.5 Å². The first-order valence-corrected chi connectivity index (χ1v) is 6.02. The first-order valence-electron chi connectivity index (χ1n) is 5.54. The lowest BCUT2D eigenvalue weighted by molar-refractivity contribution is 0.480. The van der Waals surface area contributed by atoms with E-state index in [4.69, 9.17) is 12.2 Å². The Bertz CT molecular complexity index is 115. The lowest BCUT2D eigenvalue weighted by Crippen LogP contribution is -2.26. The van der Waals surface area contributed by atoms with Gasteiger partial charge in [0.05, 0.1) is 5.49 Å². The summed E-state index contributed by atoms with van der Waals surface area (Å²) in [5.41, 5.74) is 1.67. The van der Waals surface area contributed by atoms with Crippen molar-refractivity contribution in [2.45, 2.75) is 64.8 Å². The Balaban J connectivity index is 3.47. The summed E-state index contributed by atoms with van der Waals surface area (Å²) in [7, 11) is 0. The smallest absolute Gasteiger partial charge is 0.0617 e. The van der Waals surface area contributed by atoms with Crippen LogP contribution in [0.25, 0.3) is 0 Å². The molecular weight excluding hydrogens is 178 g/mol. The normalized spacial score (nSPS) is 12.5. The highest BCUT2D eigenvalue weighted by Crippen LogP contribution is 2.09. The first-order chi connectivity index (χ1) is 6.35. The Hall–Kier alpha value is -0.110. The van der Waals surface area contributed by atoms with Gasteiger partial charge in [-0.25, -0.2) is 0 Å². The van der Waals surface area contributed by atoms with Crippen LogP contribution in [0.2, 0.25) is 0 Å². The molecule has 1 atom stereocenters. The Kier molecular flexibility index (Phi) is 9.89. The third-order valence-corrected chi connectivity index (χ3v) is 2.50. The van der Waals surface area contributed by atoms with Gasteiger partial charge in [-0.1, -0.05) is 58.2 Å². The standard InChI is InChI=1S/C11H23NS/c1-3-5-7-9-11(12-10-13)8-6-4-2/h10-11H,3-9H2,1-2H3,(H,12,13). The quantitative estimate of drug-likeness (QED) is 0.451. The summed E-state index contributed by atoms with van der Waals surface area (Å²) in [4.78, 5) is 0. The van der Waals surface area contributed by atoms with Gasteiger partial charge in [0.15, 0.2) is 0 Å². The fraction of sp³-hybridized carbons (Fsp3) is 0.909. The summed E-state index contributed by atoms with van der Waals surface area (Å²) >= 11 is 4.82. The molecule has 0 aromatic rings. The zero-order chi connectivity index (χ0) is 9.94. The molecule has 0 spiro atoms. The van der Waals surface area contributed by atoms with E-state index in [0.29, 0.717) is 6.04 Å². The van der Waals surface area contributed by atoms with Gasteiger partial charge in [0.1, 0.15) is 0 Å². The highest BCUT2D eigenvalue weighted by atomic mass is 32.1. The maximum atomic E-state index is 4.82. The van der Waals surface area contributed by atoms with Gasteiger partial charge in [-0.15, -0.1) is 0 Å². The van der Waals surface area contributed by atoms with Gasteiger partial charge in [0, 0.05) is 6.04 Å². The highest BCUT2D eigenvalue weighted by molar-refractivity contribution is 7.78. The third kappa shape index (κ3) is 8.23. The van der Waals surface area contributed by atoms with E-state index in [9.17, 15) is 0 Å². The van der Waals surface area contributed by atoms with Crippen molar-refractivity contribution in [2.75, 3.05) is 0 Å². The molecule has 2 heteroatoms. The minimum Gasteiger partial charge on any atom is -0.379 e. The maximum Gasteiger partial charge on any atom is 0.0617 e. The van der Waals surface area contributed by atoms with Gasteiger partial charge in [-0.3, -0.25) is 0 Å². The number of thiocarbonyl (C=S) groups is 1. The molecule has 0 radical (unpaired) electrons. The van der Waals surface area contributed by atoms with Gasteiger partial charge in [0.2, 0.25) is 0 Å². The van der Waals surface area contributed by atoms with Crippen LogP contribution in [0.1, 0.15) is 58.8 Å². The van der Waals surface area contributed by atoms with Crippen molar-refractivity contribution in [3.05, 3.63) is 0 Å². The van der Waals surface area contributed by atoms with E-state index in [1.165, 1.54) is 44.9 Å². The van der Waals surface area contributed by atoms with Crippen LogP contribution in [0.3, 0.4) is 0 Å². The van der Waals surface area contributed by atoms with Crippen molar-refractivity contribution < 1.29 is 0 Å². The molecule has 0 aliphatic rings. The molecule has 0 saturated carbocycles. The Morgan fingerprint density at radius 1 is 1.08 bits per heavy atom. The van der Waals surface area contributed by atoms with E-state index in [-0.39, 0.29) is 0 Å². The minimum atomic E-state index is 0.629. The van der Waals surface area contributed by atoms with Crippen molar-refractivity contribution >= 4 is 17.7 Å². The minimum absolute atomic E-state index is 0.629. The summed E-state index contributed by atoms with van der Waals surface area (Å²) < 4.78 is 0. The molecule has 0 aromatic carbocycles. The average Bonchev–Trinajstić information content (AvgIpc) is 2.14. The molecule has 0 fully saturated rings. The van der Waals surface area contributed by atoms with E-state index in [1.807, 2.05) is 0 Å². The summed E-state index contributed by atoms with van der Waals surface area (Å²) in [5, 5.41) is 3.27. The molecule has 0 amide bonds. The molecule has 0 heterocycles. The molecule has 0 saturated heterocycles. The van der Waals surface area contributed by atoms with Crippen LogP contribution < -0.4 is 5.32 Å². The zero-order valence-electron chi connectivity index (χ0n) is 9.01. The molecular formula is C11H23NS. The molecule has 1 unspecified atom stereocenters. The lowest BCUT2D eigenvalue weighted by Gasteiger charge is -2.15. The van der Waals surface area contributed by atoms with Crippen LogP contribution in [0.4, 0.5) is 0 Å². The molecule has 0 aliphatic heterocycles. The predicted molar refractivity (Wildman–Crippen MR) is 64.2 cm³/mol. The summed E-state index contributed by atoms with van der Waals surface area (Å²) in [6.45, 7) is 4.48. The fourth-order valence-electron chi connectivity index (χ4n) is 1.50. The van der Waals surface area contributed by atoms with Crippen molar-refractivity contribution in [1.82, 2.24) is 5.32 Å². The van der Waals surface area contributed by atoms with Gasteiger partial charge in [0.25, 0.3) is 0 Å². The SMILES string of the molecule is CCCCCC(CCCC)NC=S. The van der Waals surface area contributed by atoms with Gasteiger partial charge in [-0.2, -0.15) is 0 Å². The van der Waals surface area contributed by atoms with Gasteiger partial charge >= 0.3 is 0 Å². The predicted octanol–water partition coefficient (Wildman–Crippen LogP) is 3.67. The molecule has 0 aliphatic carbocycles. The molecule has 13 heavy (non-hydrogen) atoms. The van der Waals surface area contributed by atoms with E-state index >= 15 is 0 Å². The number of unbranched alkanes of at least 4 members (excludes halogenated alkanes) is 3. The molecule has 0 bridgehead atoms. The van der Waals surface area contributed by atoms with E-state index in [2.05, 4.69) is 19.2 Å². The summed E-state index contributed by atoms with van der Waals surface area (Å²) in [6.07, 6.45) is 9.13. The Labute approximate surface area is 88.3 Å². The molecule has 78 valence electrons. The van der Waals surface area contributed by atoms with Crippen LogP contribution in [0.5, 0.6) is 0 Å². The van der Waals surface area contributed by atoms with Crippen molar-refractivity contribution in [3.63, 3.8) is 0 Å². The van der Waals surface area contributed by atoms with E-state index < -0.39 is 0 Å². The van der Waals surface area contributed by atoms with Crippen molar-refractivity contribution in [1.29, 1.82) is 0 Å². The summed E-state index contributed by atoms with van der Waals surface area (Å²) in [5.74, 6) is 0. The second-order valence-electron chi connectivity index (χ2n) is 3.62. The van der Waals surface area contributed by atoms with Crippen LogP contribution >= 0.6 is 12.2 Å². The number of hydrogen-bond acceptors (Lipinski definition) is 1. The fourth-order valence-corrected chi connectivity index (χ4v) is 1.69.